The van der Waals surface area contributed by atoms with Crippen LogP contribution in [0.5, 0.6) is 11.5 Å². The molecule has 0 unspecified atom stereocenters. The lowest BCUT2D eigenvalue weighted by molar-refractivity contribution is -0.141. The van der Waals surface area contributed by atoms with E-state index in [9.17, 15) is 24.9 Å². The fourth-order valence-corrected chi connectivity index (χ4v) is 2.62. The van der Waals surface area contributed by atoms with Gasteiger partial charge >= 0.3 is 5.97 Å². The van der Waals surface area contributed by atoms with Crippen molar-refractivity contribution in [3.63, 3.8) is 0 Å². The lowest BCUT2D eigenvalue weighted by Gasteiger charge is -2.11. The number of carboxylic acid groups (broad SMARTS) is 1. The fraction of sp³-hybridized carbons (Fsp3) is 0.429. The maximum atomic E-state index is 12.3. The van der Waals surface area contributed by atoms with Gasteiger partial charge in [0.15, 0.2) is 5.78 Å². The topological polar surface area (TPSA) is 94.8 Å². The second kappa shape index (κ2) is 10.4. The molecule has 0 spiro atoms. The van der Waals surface area contributed by atoms with Gasteiger partial charge < -0.3 is 15.3 Å². The molecule has 0 aromatic heterocycles. The van der Waals surface area contributed by atoms with E-state index < -0.39 is 17.7 Å². The fourth-order valence-electron chi connectivity index (χ4n) is 2.62. The molecular weight excluding hydrogens is 332 g/mol. The van der Waals surface area contributed by atoms with Crippen molar-refractivity contribution in [3.05, 3.63) is 47.1 Å². The summed E-state index contributed by atoms with van der Waals surface area (Å²) in [4.78, 5) is 23.7. The number of phenolic OH excluding ortho intramolecular Hbond substituents is 2. The average Bonchev–Trinajstić information content (AvgIpc) is 2.55. The molecule has 5 heteroatoms. The van der Waals surface area contributed by atoms with Gasteiger partial charge in [-0.05, 0) is 64.7 Å². The Bertz CT molecular complexity index is 696. The first-order chi connectivity index (χ1) is 12.2. The molecule has 0 radical (unpaired) electrons. The van der Waals surface area contributed by atoms with Crippen molar-refractivity contribution in [3.8, 4) is 11.5 Å². The smallest absolute Gasteiger partial charge is 0.306 e. The zero-order valence-electron chi connectivity index (χ0n) is 15.7. The van der Waals surface area contributed by atoms with Crippen molar-refractivity contribution < 1.29 is 24.9 Å². The zero-order valence-corrected chi connectivity index (χ0v) is 15.7. The highest BCUT2D eigenvalue weighted by atomic mass is 16.4. The summed E-state index contributed by atoms with van der Waals surface area (Å²) in [6.07, 6.45) is 6.79. The molecular formula is C21H28O5. The number of Topliss-reactive ketones (excluding diaryl/α,β-unsaturated/α-hetero) is 1. The summed E-state index contributed by atoms with van der Waals surface area (Å²) in [5, 5.41) is 28.5. The predicted molar refractivity (Wildman–Crippen MR) is 102 cm³/mol. The number of hydrogen-bond acceptors (Lipinski definition) is 4. The number of allylic oxidation sites excluding steroid dienone is 4. The molecule has 5 nitrogen and oxygen atoms in total. The van der Waals surface area contributed by atoms with Gasteiger partial charge in [0, 0.05) is 6.42 Å². The molecule has 0 aliphatic carbocycles. The predicted octanol–water partition coefficient (Wildman–Crippen LogP) is 4.84. The van der Waals surface area contributed by atoms with Crippen LogP contribution in [0.15, 0.2) is 41.5 Å². The number of phenols is 2. The van der Waals surface area contributed by atoms with Crippen molar-refractivity contribution in [1.29, 1.82) is 0 Å². The van der Waals surface area contributed by atoms with Gasteiger partial charge in [0.25, 0.3) is 0 Å². The first-order valence-corrected chi connectivity index (χ1v) is 8.77. The Morgan fingerprint density at radius 3 is 2.38 bits per heavy atom. The second-order valence-corrected chi connectivity index (χ2v) is 6.81. The highest BCUT2D eigenvalue weighted by Crippen LogP contribution is 2.26. The van der Waals surface area contributed by atoms with E-state index in [1.54, 1.807) is 0 Å². The normalized spacial score (nSPS) is 12.5. The highest BCUT2D eigenvalue weighted by Gasteiger charge is 2.23. The van der Waals surface area contributed by atoms with Crippen LogP contribution >= 0.6 is 0 Å². The number of hydrogen-bond donors (Lipinski definition) is 3. The molecule has 1 aromatic carbocycles. The minimum absolute atomic E-state index is 0.0512. The number of ketones is 1. The van der Waals surface area contributed by atoms with Crippen molar-refractivity contribution in [1.82, 2.24) is 0 Å². The van der Waals surface area contributed by atoms with Crippen molar-refractivity contribution in [2.75, 3.05) is 0 Å². The van der Waals surface area contributed by atoms with Gasteiger partial charge in [-0.3, -0.25) is 9.59 Å². The standard InChI is InChI=1S/C21H28O5/c1-14(2)6-4-7-15(3)8-5-9-16(21(25)26)12-20(24)18-13-17(22)10-11-19(18)23/h6,8,10-11,13,16,22-23H,4-5,7,9,12H2,1-3H3,(H,25,26)/t16-/m0/s1. The molecule has 1 atom stereocenters. The number of carboxylic acids is 1. The Morgan fingerprint density at radius 2 is 1.77 bits per heavy atom. The maximum absolute atomic E-state index is 12.3. The molecule has 0 amide bonds. The third-order valence-electron chi connectivity index (χ3n) is 4.16. The summed E-state index contributed by atoms with van der Waals surface area (Å²) in [6.45, 7) is 6.13. The Morgan fingerprint density at radius 1 is 1.08 bits per heavy atom. The SMILES string of the molecule is CC(C)=CCCC(C)=CCC[C@@H](CC(=O)c1cc(O)ccc1O)C(=O)O. The summed E-state index contributed by atoms with van der Waals surface area (Å²) >= 11 is 0. The zero-order chi connectivity index (χ0) is 19.7. The van der Waals surface area contributed by atoms with E-state index >= 15 is 0 Å². The van der Waals surface area contributed by atoms with E-state index in [0.717, 1.165) is 18.9 Å². The van der Waals surface area contributed by atoms with E-state index in [4.69, 9.17) is 0 Å². The maximum Gasteiger partial charge on any atom is 0.306 e. The van der Waals surface area contributed by atoms with E-state index in [0.29, 0.717) is 12.8 Å². The van der Waals surface area contributed by atoms with Crippen LogP contribution in [0, 0.1) is 5.92 Å². The molecule has 0 aliphatic heterocycles. The quantitative estimate of drug-likeness (QED) is 0.315. The Balaban J connectivity index is 2.64. The minimum atomic E-state index is -1.03. The van der Waals surface area contributed by atoms with E-state index in [-0.39, 0.29) is 23.5 Å². The number of aromatic hydroxyl groups is 2. The van der Waals surface area contributed by atoms with Gasteiger partial charge in [0.2, 0.25) is 0 Å². The molecule has 0 heterocycles. The van der Waals surface area contributed by atoms with Gasteiger partial charge in [0.05, 0.1) is 11.5 Å². The number of carbonyl (C=O) groups excluding carboxylic acids is 1. The van der Waals surface area contributed by atoms with Crippen LogP contribution < -0.4 is 0 Å². The van der Waals surface area contributed by atoms with Crippen LogP contribution in [0.25, 0.3) is 0 Å². The van der Waals surface area contributed by atoms with E-state index in [1.807, 2.05) is 13.0 Å². The van der Waals surface area contributed by atoms with Gasteiger partial charge in [-0.25, -0.2) is 0 Å². The molecule has 0 fully saturated rings. The summed E-state index contributed by atoms with van der Waals surface area (Å²) in [5.74, 6) is -2.75. The first kappa shape index (κ1) is 21.5. The minimum Gasteiger partial charge on any atom is -0.508 e. The molecule has 0 bridgehead atoms. The first-order valence-electron chi connectivity index (χ1n) is 8.77. The molecule has 3 N–H and O–H groups in total. The van der Waals surface area contributed by atoms with E-state index in [1.165, 1.54) is 23.3 Å². The monoisotopic (exact) mass is 360 g/mol. The number of benzene rings is 1. The van der Waals surface area contributed by atoms with Crippen LogP contribution in [0.3, 0.4) is 0 Å². The van der Waals surface area contributed by atoms with E-state index in [2.05, 4.69) is 19.9 Å². The van der Waals surface area contributed by atoms with Gasteiger partial charge in [-0.15, -0.1) is 0 Å². The second-order valence-electron chi connectivity index (χ2n) is 6.81. The molecule has 0 aliphatic rings. The molecule has 1 rings (SSSR count). The van der Waals surface area contributed by atoms with Crippen LogP contribution in [-0.4, -0.2) is 27.1 Å². The third kappa shape index (κ3) is 7.55. The summed E-state index contributed by atoms with van der Waals surface area (Å²) in [7, 11) is 0. The van der Waals surface area contributed by atoms with Crippen LogP contribution in [-0.2, 0) is 4.79 Å². The lowest BCUT2D eigenvalue weighted by atomic mass is 9.93. The Hall–Kier alpha value is -2.56. The van der Waals surface area contributed by atoms with Gasteiger partial charge in [0.1, 0.15) is 11.5 Å². The largest absolute Gasteiger partial charge is 0.508 e. The molecule has 0 saturated carbocycles. The van der Waals surface area contributed by atoms with Gasteiger partial charge in [-0.2, -0.15) is 0 Å². The van der Waals surface area contributed by atoms with Crippen LogP contribution in [0.1, 0.15) is 63.2 Å². The number of carbonyl (C=O) groups is 2. The molecule has 26 heavy (non-hydrogen) atoms. The van der Waals surface area contributed by atoms with Crippen molar-refractivity contribution >= 4 is 11.8 Å². The van der Waals surface area contributed by atoms with Gasteiger partial charge in [-0.1, -0.05) is 23.3 Å². The third-order valence-corrected chi connectivity index (χ3v) is 4.16. The lowest BCUT2D eigenvalue weighted by Crippen LogP contribution is -2.18. The molecule has 142 valence electrons. The Labute approximate surface area is 154 Å². The number of rotatable bonds is 10. The summed E-state index contributed by atoms with van der Waals surface area (Å²) < 4.78 is 0. The Kier molecular flexibility index (Phi) is 8.62. The van der Waals surface area contributed by atoms with Crippen molar-refractivity contribution in [2.45, 2.75) is 52.9 Å². The molecule has 0 saturated heterocycles. The summed E-state index contributed by atoms with van der Waals surface area (Å²) in [6, 6.07) is 3.64. The summed E-state index contributed by atoms with van der Waals surface area (Å²) in [5.41, 5.74) is 2.42. The average molecular weight is 360 g/mol. The van der Waals surface area contributed by atoms with Crippen LogP contribution in [0.4, 0.5) is 0 Å². The number of aliphatic carboxylic acids is 1. The highest BCUT2D eigenvalue weighted by molar-refractivity contribution is 6.00. The van der Waals surface area contributed by atoms with Crippen LogP contribution in [0.2, 0.25) is 0 Å². The van der Waals surface area contributed by atoms with Crippen molar-refractivity contribution in [2.24, 2.45) is 5.92 Å². The molecule has 1 aromatic rings.